The smallest absolute Gasteiger partial charge is 0.318 e. The highest BCUT2D eigenvalue weighted by molar-refractivity contribution is 5.86. The van der Waals surface area contributed by atoms with E-state index in [0.717, 1.165) is 0 Å². The Hall–Kier alpha value is -2.10. The minimum absolute atomic E-state index is 0.0607. The van der Waals surface area contributed by atoms with Crippen molar-refractivity contribution in [1.82, 2.24) is 0 Å². The van der Waals surface area contributed by atoms with E-state index in [1.54, 1.807) is 43.3 Å². The lowest BCUT2D eigenvalue weighted by Crippen LogP contribution is -2.44. The molecule has 0 radical (unpaired) electrons. The zero-order valence-corrected chi connectivity index (χ0v) is 10.7. The van der Waals surface area contributed by atoms with Crippen LogP contribution in [0.25, 0.3) is 0 Å². The molecule has 0 aliphatic heterocycles. The van der Waals surface area contributed by atoms with Crippen molar-refractivity contribution in [1.29, 1.82) is 0 Å². The molecule has 0 bridgehead atoms. The van der Waals surface area contributed by atoms with Crippen molar-refractivity contribution in [3.8, 4) is 0 Å². The van der Waals surface area contributed by atoms with E-state index < -0.39 is 22.8 Å². The van der Waals surface area contributed by atoms with Crippen molar-refractivity contribution in [2.45, 2.75) is 25.2 Å². The number of carbonyl (C=O) groups is 2. The lowest BCUT2D eigenvalue weighted by atomic mass is 9.63. The van der Waals surface area contributed by atoms with E-state index in [9.17, 15) is 19.8 Å². The molecule has 2 rings (SSSR count). The molecule has 0 spiro atoms. The molecule has 19 heavy (non-hydrogen) atoms. The van der Waals surface area contributed by atoms with Gasteiger partial charge in [0, 0.05) is 0 Å². The summed E-state index contributed by atoms with van der Waals surface area (Å²) in [5.41, 5.74) is -1.69. The number of aliphatic carboxylic acids is 2. The average molecular weight is 260 g/mol. The van der Waals surface area contributed by atoms with E-state index in [4.69, 9.17) is 0 Å². The molecule has 0 saturated heterocycles. The van der Waals surface area contributed by atoms with Crippen LogP contribution in [-0.4, -0.2) is 22.2 Å². The van der Waals surface area contributed by atoms with Gasteiger partial charge in [-0.25, -0.2) is 0 Å². The minimum atomic E-state index is -1.26. The number of rotatable bonds is 3. The molecule has 2 N–H and O–H groups in total. The molecular weight excluding hydrogens is 244 g/mol. The Balaban J connectivity index is 2.54. The van der Waals surface area contributed by atoms with Crippen LogP contribution in [0.1, 0.15) is 25.3 Å². The van der Waals surface area contributed by atoms with Crippen molar-refractivity contribution in [2.24, 2.45) is 5.41 Å². The van der Waals surface area contributed by atoms with E-state index in [1.807, 2.05) is 6.07 Å². The summed E-state index contributed by atoms with van der Waals surface area (Å²) in [6.45, 7) is 1.60. The third-order valence-corrected chi connectivity index (χ3v) is 3.83. The van der Waals surface area contributed by atoms with Gasteiger partial charge in [0.25, 0.3) is 0 Å². The van der Waals surface area contributed by atoms with E-state index in [1.165, 1.54) is 0 Å². The molecule has 2 unspecified atom stereocenters. The first-order valence-corrected chi connectivity index (χ1v) is 6.11. The highest BCUT2D eigenvalue weighted by Crippen LogP contribution is 2.44. The Morgan fingerprint density at radius 3 is 2.26 bits per heavy atom. The minimum Gasteiger partial charge on any atom is -0.481 e. The van der Waals surface area contributed by atoms with E-state index in [0.29, 0.717) is 12.0 Å². The molecule has 2 atom stereocenters. The molecule has 4 nitrogen and oxygen atoms in total. The number of benzene rings is 1. The van der Waals surface area contributed by atoms with Crippen molar-refractivity contribution in [3.05, 3.63) is 48.0 Å². The van der Waals surface area contributed by atoms with Crippen LogP contribution in [0.4, 0.5) is 0 Å². The Morgan fingerprint density at radius 1 is 1.11 bits per heavy atom. The van der Waals surface area contributed by atoms with Gasteiger partial charge in [-0.2, -0.15) is 0 Å². The number of carboxylic acids is 2. The van der Waals surface area contributed by atoms with Crippen molar-refractivity contribution in [2.75, 3.05) is 0 Å². The van der Waals surface area contributed by atoms with Gasteiger partial charge in [0.15, 0.2) is 0 Å². The second-order valence-corrected chi connectivity index (χ2v) is 5.29. The van der Waals surface area contributed by atoms with Gasteiger partial charge in [0.05, 0.1) is 5.41 Å². The SMILES string of the molecule is CC1(C(=O)O)CC=CC(C(=O)O)(c2ccccc2)C1. The second kappa shape index (κ2) is 4.53. The van der Waals surface area contributed by atoms with Crippen LogP contribution < -0.4 is 0 Å². The fourth-order valence-electron chi connectivity index (χ4n) is 2.63. The van der Waals surface area contributed by atoms with Gasteiger partial charge in [0.2, 0.25) is 0 Å². The normalized spacial score (nSPS) is 29.9. The molecule has 1 aromatic carbocycles. The maximum Gasteiger partial charge on any atom is 0.318 e. The van der Waals surface area contributed by atoms with Crippen LogP contribution in [0, 0.1) is 5.41 Å². The van der Waals surface area contributed by atoms with Crippen LogP contribution in [0.3, 0.4) is 0 Å². The van der Waals surface area contributed by atoms with Gasteiger partial charge in [-0.3, -0.25) is 9.59 Å². The van der Waals surface area contributed by atoms with Gasteiger partial charge in [-0.15, -0.1) is 0 Å². The molecule has 0 heterocycles. The fourth-order valence-corrected chi connectivity index (χ4v) is 2.63. The molecule has 0 amide bonds. The van der Waals surface area contributed by atoms with Crippen molar-refractivity contribution >= 4 is 11.9 Å². The monoisotopic (exact) mass is 260 g/mol. The summed E-state index contributed by atoms with van der Waals surface area (Å²) in [5.74, 6) is -1.97. The molecule has 0 aromatic heterocycles. The Morgan fingerprint density at radius 2 is 1.74 bits per heavy atom. The molecule has 1 aliphatic rings. The molecule has 0 saturated carbocycles. The van der Waals surface area contributed by atoms with Gasteiger partial charge in [-0.1, -0.05) is 42.5 Å². The van der Waals surface area contributed by atoms with E-state index >= 15 is 0 Å². The molecule has 1 aromatic rings. The summed E-state index contributed by atoms with van der Waals surface area (Å²) in [7, 11) is 0. The summed E-state index contributed by atoms with van der Waals surface area (Å²) < 4.78 is 0. The standard InChI is InChI=1S/C15H16O4/c1-14(12(16)17)8-5-9-15(10-14,13(18)19)11-6-3-2-4-7-11/h2-7,9H,8,10H2,1H3,(H,16,17)(H,18,19). The summed E-state index contributed by atoms with van der Waals surface area (Å²) in [4.78, 5) is 23.1. The molecule has 1 aliphatic carbocycles. The van der Waals surface area contributed by atoms with E-state index in [2.05, 4.69) is 0 Å². The van der Waals surface area contributed by atoms with Crippen LogP contribution >= 0.6 is 0 Å². The maximum atomic E-state index is 11.7. The molecule has 100 valence electrons. The highest BCUT2D eigenvalue weighted by Gasteiger charge is 2.49. The molecule has 4 heteroatoms. The quantitative estimate of drug-likeness (QED) is 0.818. The Kier molecular flexibility index (Phi) is 3.18. The third kappa shape index (κ3) is 2.14. The first kappa shape index (κ1) is 13.3. The molecule has 0 fully saturated rings. The Labute approximate surface area is 111 Å². The number of hydrogen-bond donors (Lipinski definition) is 2. The van der Waals surface area contributed by atoms with Gasteiger partial charge in [-0.05, 0) is 25.3 Å². The summed E-state index contributed by atoms with van der Waals surface area (Å²) in [6.07, 6.45) is 3.70. The van der Waals surface area contributed by atoms with Crippen LogP contribution in [0.5, 0.6) is 0 Å². The van der Waals surface area contributed by atoms with Crippen molar-refractivity contribution < 1.29 is 19.8 Å². The van der Waals surface area contributed by atoms with Crippen LogP contribution in [0.2, 0.25) is 0 Å². The van der Waals surface area contributed by atoms with Crippen LogP contribution in [0.15, 0.2) is 42.5 Å². The third-order valence-electron chi connectivity index (χ3n) is 3.83. The lowest BCUT2D eigenvalue weighted by molar-refractivity contribution is -0.152. The fraction of sp³-hybridized carbons (Fsp3) is 0.333. The zero-order valence-electron chi connectivity index (χ0n) is 10.7. The zero-order chi connectivity index (χ0) is 14.1. The van der Waals surface area contributed by atoms with Gasteiger partial charge >= 0.3 is 11.9 Å². The lowest BCUT2D eigenvalue weighted by Gasteiger charge is -2.38. The first-order chi connectivity index (χ1) is 8.91. The topological polar surface area (TPSA) is 74.6 Å². The largest absolute Gasteiger partial charge is 0.481 e. The van der Waals surface area contributed by atoms with Crippen molar-refractivity contribution in [3.63, 3.8) is 0 Å². The predicted octanol–water partition coefficient (Wildman–Crippen LogP) is 2.45. The maximum absolute atomic E-state index is 11.7. The first-order valence-electron chi connectivity index (χ1n) is 6.11. The van der Waals surface area contributed by atoms with Gasteiger partial charge in [0.1, 0.15) is 5.41 Å². The number of hydrogen-bond acceptors (Lipinski definition) is 2. The number of carboxylic acid groups (broad SMARTS) is 2. The number of allylic oxidation sites excluding steroid dienone is 1. The molecular formula is C15H16O4. The predicted molar refractivity (Wildman–Crippen MR) is 69.9 cm³/mol. The highest BCUT2D eigenvalue weighted by atomic mass is 16.4. The summed E-state index contributed by atoms with van der Waals surface area (Å²) >= 11 is 0. The second-order valence-electron chi connectivity index (χ2n) is 5.29. The van der Waals surface area contributed by atoms with E-state index in [-0.39, 0.29) is 6.42 Å². The average Bonchev–Trinajstić information content (AvgIpc) is 2.39. The summed E-state index contributed by atoms with van der Waals surface area (Å²) in [5, 5.41) is 18.9. The van der Waals surface area contributed by atoms with Gasteiger partial charge < -0.3 is 10.2 Å². The Bertz CT molecular complexity index is 534. The van der Waals surface area contributed by atoms with Crippen LogP contribution in [-0.2, 0) is 15.0 Å². The summed E-state index contributed by atoms with van der Waals surface area (Å²) in [6, 6.07) is 8.79.